The van der Waals surface area contributed by atoms with Crippen molar-refractivity contribution in [3.63, 3.8) is 0 Å². The summed E-state index contributed by atoms with van der Waals surface area (Å²) < 4.78 is 0. The van der Waals surface area contributed by atoms with Gasteiger partial charge in [0.2, 0.25) is 0 Å². The van der Waals surface area contributed by atoms with Crippen LogP contribution in [-0.2, 0) is 6.54 Å². The van der Waals surface area contributed by atoms with Crippen LogP contribution in [-0.4, -0.2) is 45.4 Å². The van der Waals surface area contributed by atoms with Crippen LogP contribution in [0.2, 0.25) is 0 Å². The molecule has 6 nitrogen and oxygen atoms in total. The van der Waals surface area contributed by atoms with Gasteiger partial charge >= 0.3 is 0 Å². The van der Waals surface area contributed by atoms with Crippen molar-refractivity contribution >= 4 is 5.91 Å². The Morgan fingerprint density at radius 3 is 3.09 bits per heavy atom. The largest absolute Gasteiger partial charge is 0.352 e. The fourth-order valence-electron chi connectivity index (χ4n) is 2.78. The molecule has 3 rings (SSSR count). The van der Waals surface area contributed by atoms with Crippen LogP contribution in [0.15, 0.2) is 30.9 Å². The number of rotatable bonds is 5. The van der Waals surface area contributed by atoms with Crippen molar-refractivity contribution in [2.75, 3.05) is 19.6 Å². The number of aromatic amines is 1. The summed E-state index contributed by atoms with van der Waals surface area (Å²) in [7, 11) is 0. The van der Waals surface area contributed by atoms with Crippen LogP contribution in [0.4, 0.5) is 0 Å². The van der Waals surface area contributed by atoms with Gasteiger partial charge in [-0.3, -0.25) is 14.7 Å². The van der Waals surface area contributed by atoms with Crippen molar-refractivity contribution in [1.29, 1.82) is 0 Å². The molecule has 116 valence electrons. The van der Waals surface area contributed by atoms with Gasteiger partial charge in [0.1, 0.15) is 0 Å². The molecule has 1 fully saturated rings. The van der Waals surface area contributed by atoms with Crippen molar-refractivity contribution in [3.8, 4) is 0 Å². The van der Waals surface area contributed by atoms with E-state index in [2.05, 4.69) is 25.2 Å². The van der Waals surface area contributed by atoms with Crippen molar-refractivity contribution in [2.45, 2.75) is 19.9 Å². The van der Waals surface area contributed by atoms with E-state index >= 15 is 0 Å². The van der Waals surface area contributed by atoms with Gasteiger partial charge < -0.3 is 10.3 Å². The monoisotopic (exact) mass is 299 g/mol. The lowest BCUT2D eigenvalue weighted by Gasteiger charge is -2.15. The van der Waals surface area contributed by atoms with Crippen LogP contribution in [0.5, 0.6) is 0 Å². The second-order valence-electron chi connectivity index (χ2n) is 5.86. The van der Waals surface area contributed by atoms with Crippen LogP contribution in [0.25, 0.3) is 0 Å². The minimum atomic E-state index is -0.0421. The summed E-state index contributed by atoms with van der Waals surface area (Å²) in [4.78, 5) is 25.8. The quantitative estimate of drug-likeness (QED) is 0.874. The third kappa shape index (κ3) is 3.71. The molecule has 1 aliphatic rings. The van der Waals surface area contributed by atoms with E-state index in [1.165, 1.54) is 0 Å². The van der Waals surface area contributed by atoms with E-state index < -0.39 is 0 Å². The number of likely N-dealkylation sites (tertiary alicyclic amines) is 1. The van der Waals surface area contributed by atoms with Crippen LogP contribution < -0.4 is 5.32 Å². The highest BCUT2D eigenvalue weighted by Crippen LogP contribution is 2.17. The van der Waals surface area contributed by atoms with E-state index in [0.717, 1.165) is 37.4 Å². The molecular weight excluding hydrogens is 278 g/mol. The van der Waals surface area contributed by atoms with E-state index in [1.54, 1.807) is 12.5 Å². The Labute approximate surface area is 130 Å². The molecule has 0 aliphatic carbocycles. The third-order valence-electron chi connectivity index (χ3n) is 4.04. The fraction of sp³-hybridized carbons (Fsp3) is 0.438. The normalized spacial score (nSPS) is 18.5. The highest BCUT2D eigenvalue weighted by Gasteiger charge is 2.23. The average molecular weight is 299 g/mol. The maximum Gasteiger partial charge on any atom is 0.252 e. The Kier molecular flexibility index (Phi) is 4.48. The lowest BCUT2D eigenvalue weighted by atomic mass is 10.1. The molecule has 1 amide bonds. The highest BCUT2D eigenvalue weighted by molar-refractivity contribution is 5.93. The first kappa shape index (κ1) is 14.7. The molecule has 1 atom stereocenters. The molecule has 2 N–H and O–H groups in total. The number of carbonyl (C=O) groups excluding carboxylic acids is 1. The average Bonchev–Trinajstić information content (AvgIpc) is 3.18. The number of pyridine rings is 1. The van der Waals surface area contributed by atoms with Crippen molar-refractivity contribution < 1.29 is 4.79 Å². The molecule has 1 saturated heterocycles. The number of hydrogen-bond acceptors (Lipinski definition) is 4. The van der Waals surface area contributed by atoms with Crippen molar-refractivity contribution in [1.82, 2.24) is 25.2 Å². The van der Waals surface area contributed by atoms with Gasteiger partial charge in [-0.25, -0.2) is 4.98 Å². The Bertz CT molecular complexity index is 608. The second kappa shape index (κ2) is 6.70. The Hall–Kier alpha value is -2.21. The number of aromatic nitrogens is 3. The highest BCUT2D eigenvalue weighted by atomic mass is 16.1. The molecular formula is C16H21N5O. The predicted octanol–water partition coefficient (Wildman–Crippen LogP) is 1.37. The van der Waals surface area contributed by atoms with Crippen LogP contribution in [0, 0.1) is 12.8 Å². The number of carbonyl (C=O) groups is 1. The summed E-state index contributed by atoms with van der Waals surface area (Å²) in [6.07, 6.45) is 6.31. The Morgan fingerprint density at radius 2 is 2.36 bits per heavy atom. The molecule has 1 aliphatic heterocycles. The van der Waals surface area contributed by atoms with Crippen LogP contribution >= 0.6 is 0 Å². The Balaban J connectivity index is 1.44. The van der Waals surface area contributed by atoms with Gasteiger partial charge in [-0.05, 0) is 37.9 Å². The molecule has 2 aromatic rings. The molecule has 3 heterocycles. The first-order chi connectivity index (χ1) is 10.7. The first-order valence-electron chi connectivity index (χ1n) is 7.61. The van der Waals surface area contributed by atoms with Gasteiger partial charge in [-0.2, -0.15) is 0 Å². The topological polar surface area (TPSA) is 73.9 Å². The summed E-state index contributed by atoms with van der Waals surface area (Å²) in [6, 6.07) is 3.67. The number of nitrogens with zero attached hydrogens (tertiary/aromatic N) is 3. The third-order valence-corrected chi connectivity index (χ3v) is 4.04. The van der Waals surface area contributed by atoms with Crippen LogP contribution in [0.3, 0.4) is 0 Å². The molecule has 0 saturated carbocycles. The van der Waals surface area contributed by atoms with E-state index in [9.17, 15) is 4.79 Å². The SMILES string of the molecule is Cc1ccc(C(=O)NCC2CCN(Cc3cnc[nH]3)C2)cn1. The van der Waals surface area contributed by atoms with E-state index in [1.807, 2.05) is 25.3 Å². The van der Waals surface area contributed by atoms with E-state index in [0.29, 0.717) is 18.0 Å². The molecule has 0 aromatic carbocycles. The van der Waals surface area contributed by atoms with Crippen molar-refractivity contribution in [3.05, 3.63) is 47.8 Å². The lowest BCUT2D eigenvalue weighted by Crippen LogP contribution is -2.31. The Morgan fingerprint density at radius 1 is 1.45 bits per heavy atom. The minimum absolute atomic E-state index is 0.0421. The summed E-state index contributed by atoms with van der Waals surface area (Å²) in [6.45, 7) is 5.59. The summed E-state index contributed by atoms with van der Waals surface area (Å²) in [5, 5.41) is 3.01. The molecule has 1 unspecified atom stereocenters. The van der Waals surface area contributed by atoms with Crippen molar-refractivity contribution in [2.24, 2.45) is 5.92 Å². The maximum atomic E-state index is 12.1. The number of hydrogen-bond donors (Lipinski definition) is 2. The summed E-state index contributed by atoms with van der Waals surface area (Å²) in [5.74, 6) is 0.463. The molecule has 22 heavy (non-hydrogen) atoms. The minimum Gasteiger partial charge on any atom is -0.352 e. The molecule has 0 spiro atoms. The van der Waals surface area contributed by atoms with Gasteiger partial charge in [-0.1, -0.05) is 0 Å². The first-order valence-corrected chi connectivity index (χ1v) is 7.61. The summed E-state index contributed by atoms with van der Waals surface area (Å²) in [5.41, 5.74) is 2.68. The number of aryl methyl sites for hydroxylation is 1. The number of H-pyrrole nitrogens is 1. The van der Waals surface area contributed by atoms with E-state index in [4.69, 9.17) is 0 Å². The van der Waals surface area contributed by atoms with Gasteiger partial charge in [0.05, 0.1) is 11.9 Å². The van der Waals surface area contributed by atoms with Gasteiger partial charge in [-0.15, -0.1) is 0 Å². The number of imidazole rings is 1. The predicted molar refractivity (Wildman–Crippen MR) is 83.3 cm³/mol. The van der Waals surface area contributed by atoms with Gasteiger partial charge in [0, 0.05) is 43.4 Å². The smallest absolute Gasteiger partial charge is 0.252 e. The fourth-order valence-corrected chi connectivity index (χ4v) is 2.78. The van der Waals surface area contributed by atoms with E-state index in [-0.39, 0.29) is 5.91 Å². The number of nitrogens with one attached hydrogen (secondary N) is 2. The number of amides is 1. The summed E-state index contributed by atoms with van der Waals surface area (Å²) >= 11 is 0. The molecule has 2 aromatic heterocycles. The van der Waals surface area contributed by atoms with Gasteiger partial charge in [0.25, 0.3) is 5.91 Å². The lowest BCUT2D eigenvalue weighted by molar-refractivity contribution is 0.0947. The zero-order valence-electron chi connectivity index (χ0n) is 12.7. The van der Waals surface area contributed by atoms with Gasteiger partial charge in [0.15, 0.2) is 0 Å². The second-order valence-corrected chi connectivity index (χ2v) is 5.86. The standard InChI is InChI=1S/C16H21N5O/c1-12-2-3-14(7-18-12)16(22)19-6-13-4-5-21(9-13)10-15-8-17-11-20-15/h2-3,7-8,11,13H,4-6,9-10H2,1H3,(H,17,20)(H,19,22). The van der Waals surface area contributed by atoms with Crippen LogP contribution in [0.1, 0.15) is 28.2 Å². The molecule has 0 bridgehead atoms. The maximum absolute atomic E-state index is 12.1. The zero-order chi connectivity index (χ0) is 15.4. The molecule has 0 radical (unpaired) electrons. The molecule has 6 heteroatoms. The zero-order valence-corrected chi connectivity index (χ0v) is 12.7.